The number of fused-ring (bicyclic) bond motifs is 1. The molecule has 1 saturated heterocycles. The lowest BCUT2D eigenvalue weighted by molar-refractivity contribution is 0.126. The first kappa shape index (κ1) is 11.0. The second kappa shape index (κ2) is 3.43. The number of thiocarbonyl (C=S) groups is 1. The second-order valence-corrected chi connectivity index (χ2v) is 5.80. The Morgan fingerprint density at radius 2 is 2.29 bits per heavy atom. The fourth-order valence-electron chi connectivity index (χ4n) is 2.88. The smallest absolute Gasteiger partial charge is 0.102 e. The van der Waals surface area contributed by atoms with Crippen molar-refractivity contribution in [2.75, 3.05) is 18.9 Å². The van der Waals surface area contributed by atoms with Gasteiger partial charge < -0.3 is 15.8 Å². The molecule has 1 aromatic carbocycles. The van der Waals surface area contributed by atoms with Crippen molar-refractivity contribution in [3.8, 4) is 0 Å². The number of hydrogen-bond donors (Lipinski definition) is 2. The lowest BCUT2D eigenvalue weighted by Crippen LogP contribution is -2.37. The van der Waals surface area contributed by atoms with Crippen molar-refractivity contribution < 1.29 is 4.74 Å². The number of ether oxygens (including phenoxy) is 1. The Morgan fingerprint density at radius 3 is 3.06 bits per heavy atom. The SMILES string of the molecule is C[C@]12COCC(=S)N[C@@]1(c1cccc(N)c1)C2. The fourth-order valence-corrected chi connectivity index (χ4v) is 3.14. The van der Waals surface area contributed by atoms with E-state index < -0.39 is 0 Å². The molecule has 2 aliphatic rings. The van der Waals surface area contributed by atoms with Crippen LogP contribution in [0.1, 0.15) is 18.9 Å². The molecule has 1 aliphatic heterocycles. The van der Waals surface area contributed by atoms with Gasteiger partial charge in [-0.15, -0.1) is 0 Å². The zero-order valence-corrected chi connectivity index (χ0v) is 10.6. The molecule has 1 aliphatic carbocycles. The number of nitrogens with two attached hydrogens (primary N) is 1. The lowest BCUT2D eigenvalue weighted by atomic mass is 9.95. The Balaban J connectivity index is 2.03. The maximum Gasteiger partial charge on any atom is 0.102 e. The number of rotatable bonds is 1. The van der Waals surface area contributed by atoms with Gasteiger partial charge in [0.2, 0.25) is 0 Å². The van der Waals surface area contributed by atoms with Crippen molar-refractivity contribution in [3.05, 3.63) is 29.8 Å². The van der Waals surface area contributed by atoms with Crippen LogP contribution in [0, 0.1) is 5.41 Å². The lowest BCUT2D eigenvalue weighted by Gasteiger charge is -2.23. The summed E-state index contributed by atoms with van der Waals surface area (Å²) < 4.78 is 5.61. The highest BCUT2D eigenvalue weighted by Gasteiger charge is 2.66. The van der Waals surface area contributed by atoms with Crippen molar-refractivity contribution in [1.29, 1.82) is 0 Å². The van der Waals surface area contributed by atoms with E-state index in [1.807, 2.05) is 18.2 Å². The molecule has 0 spiro atoms. The molecule has 1 heterocycles. The summed E-state index contributed by atoms with van der Waals surface area (Å²) in [6, 6.07) is 8.05. The van der Waals surface area contributed by atoms with Crippen molar-refractivity contribution >= 4 is 22.9 Å². The quantitative estimate of drug-likeness (QED) is 0.588. The zero-order chi connectivity index (χ0) is 12.1. The van der Waals surface area contributed by atoms with Crippen LogP contribution in [0.5, 0.6) is 0 Å². The molecular weight excluding hydrogens is 232 g/mol. The van der Waals surface area contributed by atoms with E-state index in [1.54, 1.807) is 0 Å². The Labute approximate surface area is 106 Å². The molecule has 3 N–H and O–H groups in total. The maximum absolute atomic E-state index is 5.87. The van der Waals surface area contributed by atoms with Crippen LogP contribution in [-0.4, -0.2) is 18.2 Å². The molecule has 2 fully saturated rings. The van der Waals surface area contributed by atoms with E-state index >= 15 is 0 Å². The van der Waals surface area contributed by atoms with Crippen LogP contribution >= 0.6 is 12.2 Å². The summed E-state index contributed by atoms with van der Waals surface area (Å²) in [6.07, 6.45) is 1.05. The summed E-state index contributed by atoms with van der Waals surface area (Å²) in [5.41, 5.74) is 7.93. The maximum atomic E-state index is 5.87. The van der Waals surface area contributed by atoms with Gasteiger partial charge in [0.05, 0.1) is 18.8 Å². The van der Waals surface area contributed by atoms with Crippen molar-refractivity contribution in [3.63, 3.8) is 0 Å². The minimum Gasteiger partial charge on any atom is -0.399 e. The molecule has 0 amide bonds. The van der Waals surface area contributed by atoms with Crippen LogP contribution in [-0.2, 0) is 10.3 Å². The molecular formula is C13H16N2OS. The first-order valence-electron chi connectivity index (χ1n) is 5.81. The fraction of sp³-hybridized carbons (Fsp3) is 0.462. The average molecular weight is 248 g/mol. The van der Waals surface area contributed by atoms with E-state index in [4.69, 9.17) is 22.7 Å². The summed E-state index contributed by atoms with van der Waals surface area (Å²) >= 11 is 5.28. The van der Waals surface area contributed by atoms with Gasteiger partial charge in [-0.1, -0.05) is 31.3 Å². The number of benzene rings is 1. The summed E-state index contributed by atoms with van der Waals surface area (Å²) in [4.78, 5) is 0.786. The third kappa shape index (κ3) is 1.55. The topological polar surface area (TPSA) is 47.3 Å². The minimum atomic E-state index is -0.0734. The highest BCUT2D eigenvalue weighted by Crippen LogP contribution is 2.63. The largest absolute Gasteiger partial charge is 0.399 e. The molecule has 1 saturated carbocycles. The van der Waals surface area contributed by atoms with Gasteiger partial charge in [0, 0.05) is 11.1 Å². The molecule has 0 bridgehead atoms. The molecule has 90 valence electrons. The molecule has 3 rings (SSSR count). The number of anilines is 1. The van der Waals surface area contributed by atoms with Crippen LogP contribution in [0.2, 0.25) is 0 Å². The first-order valence-corrected chi connectivity index (χ1v) is 6.21. The summed E-state index contributed by atoms with van der Waals surface area (Å²) in [5, 5.41) is 3.46. The van der Waals surface area contributed by atoms with Crippen LogP contribution in [0.25, 0.3) is 0 Å². The molecule has 17 heavy (non-hydrogen) atoms. The van der Waals surface area contributed by atoms with E-state index in [9.17, 15) is 0 Å². The molecule has 3 nitrogen and oxygen atoms in total. The van der Waals surface area contributed by atoms with Gasteiger partial charge in [0.1, 0.15) is 4.99 Å². The third-order valence-corrected chi connectivity index (χ3v) is 4.17. The molecule has 0 radical (unpaired) electrons. The molecule has 0 unspecified atom stereocenters. The first-order chi connectivity index (χ1) is 8.06. The average Bonchev–Trinajstić information content (AvgIpc) is 2.85. The van der Waals surface area contributed by atoms with Crippen molar-refractivity contribution in [2.24, 2.45) is 5.41 Å². The number of hydrogen-bond acceptors (Lipinski definition) is 3. The Morgan fingerprint density at radius 1 is 1.47 bits per heavy atom. The number of nitrogens with one attached hydrogen (secondary N) is 1. The monoisotopic (exact) mass is 248 g/mol. The van der Waals surface area contributed by atoms with Crippen molar-refractivity contribution in [2.45, 2.75) is 18.9 Å². The van der Waals surface area contributed by atoms with Gasteiger partial charge in [0.25, 0.3) is 0 Å². The second-order valence-electron chi connectivity index (χ2n) is 5.31. The normalized spacial score (nSPS) is 35.7. The van der Waals surface area contributed by atoms with E-state index in [-0.39, 0.29) is 11.0 Å². The van der Waals surface area contributed by atoms with Gasteiger partial charge in [-0.3, -0.25) is 0 Å². The van der Waals surface area contributed by atoms with E-state index in [0.717, 1.165) is 23.7 Å². The van der Waals surface area contributed by atoms with Crippen LogP contribution < -0.4 is 11.1 Å². The van der Waals surface area contributed by atoms with Gasteiger partial charge >= 0.3 is 0 Å². The highest BCUT2D eigenvalue weighted by molar-refractivity contribution is 7.80. The third-order valence-electron chi connectivity index (χ3n) is 3.95. The Kier molecular flexibility index (Phi) is 2.22. The van der Waals surface area contributed by atoms with E-state index in [2.05, 4.69) is 18.3 Å². The van der Waals surface area contributed by atoms with Crippen LogP contribution in [0.15, 0.2) is 24.3 Å². The number of nitrogen functional groups attached to an aromatic ring is 1. The summed E-state index contributed by atoms with van der Waals surface area (Å²) in [7, 11) is 0. The molecule has 4 heteroatoms. The van der Waals surface area contributed by atoms with Crippen LogP contribution in [0.4, 0.5) is 5.69 Å². The van der Waals surface area contributed by atoms with Crippen molar-refractivity contribution in [1.82, 2.24) is 5.32 Å². The predicted molar refractivity (Wildman–Crippen MR) is 71.8 cm³/mol. The molecule has 1 aromatic rings. The Hall–Kier alpha value is -1.13. The predicted octanol–water partition coefficient (Wildman–Crippen LogP) is 1.82. The van der Waals surface area contributed by atoms with E-state index in [1.165, 1.54) is 5.56 Å². The van der Waals surface area contributed by atoms with E-state index in [0.29, 0.717) is 6.61 Å². The van der Waals surface area contributed by atoms with Gasteiger partial charge in [-0.25, -0.2) is 0 Å². The summed E-state index contributed by atoms with van der Waals surface area (Å²) in [5.74, 6) is 0. The van der Waals surface area contributed by atoms with Gasteiger partial charge in [-0.05, 0) is 24.1 Å². The highest BCUT2D eigenvalue weighted by atomic mass is 32.1. The van der Waals surface area contributed by atoms with Gasteiger partial charge in [0.15, 0.2) is 0 Å². The zero-order valence-electron chi connectivity index (χ0n) is 9.82. The minimum absolute atomic E-state index is 0.0734. The standard InChI is InChI=1S/C13H16N2OS/c1-12-7-13(12,15-11(17)6-16-8-12)9-3-2-4-10(14)5-9/h2-5H,6-8,14H2,1H3,(H,15,17)/t12-,13+/m0/s1. The molecule has 2 atom stereocenters. The summed E-state index contributed by atoms with van der Waals surface area (Å²) in [6.45, 7) is 3.50. The molecule has 0 aromatic heterocycles. The van der Waals surface area contributed by atoms with Crippen LogP contribution in [0.3, 0.4) is 0 Å². The van der Waals surface area contributed by atoms with Gasteiger partial charge in [-0.2, -0.15) is 0 Å². The Bertz CT molecular complexity index is 490.